The van der Waals surface area contributed by atoms with Crippen LogP contribution in [0.15, 0.2) is 66.7 Å². The Labute approximate surface area is 209 Å². The first kappa shape index (κ1) is 22.2. The van der Waals surface area contributed by atoms with Crippen LogP contribution >= 0.6 is 0 Å². The lowest BCUT2D eigenvalue weighted by Crippen LogP contribution is -2.41. The molecule has 0 aromatic heterocycles. The van der Waals surface area contributed by atoms with Crippen molar-refractivity contribution in [2.75, 3.05) is 4.90 Å². The summed E-state index contributed by atoms with van der Waals surface area (Å²) < 4.78 is 6.53. The van der Waals surface area contributed by atoms with Gasteiger partial charge < -0.3 is 4.74 Å². The summed E-state index contributed by atoms with van der Waals surface area (Å²) in [5.41, 5.74) is 1.18. The largest absolute Gasteiger partial charge is 0.367 e. The van der Waals surface area contributed by atoms with E-state index in [-0.39, 0.29) is 11.8 Å². The Morgan fingerprint density at radius 2 is 1.67 bits per heavy atom. The molecule has 0 unspecified atom stereocenters. The van der Waals surface area contributed by atoms with Crippen molar-refractivity contribution in [1.82, 2.24) is 0 Å². The van der Waals surface area contributed by atoms with E-state index in [0.29, 0.717) is 35.0 Å². The Hall–Kier alpha value is -4.26. The van der Waals surface area contributed by atoms with Gasteiger partial charge >= 0.3 is 0 Å². The molecule has 3 saturated heterocycles. The minimum Gasteiger partial charge on any atom is -0.367 e. The van der Waals surface area contributed by atoms with Crippen LogP contribution in [0.1, 0.15) is 42.9 Å². The van der Waals surface area contributed by atoms with Crippen LogP contribution < -0.4 is 4.90 Å². The van der Waals surface area contributed by atoms with Crippen LogP contribution in [0, 0.1) is 34.5 Å². The van der Waals surface area contributed by atoms with E-state index in [4.69, 9.17) is 10.00 Å². The molecular weight excluding hydrogens is 450 g/mol. The molecule has 0 N–H and O–H groups in total. The van der Waals surface area contributed by atoms with Gasteiger partial charge in [0.1, 0.15) is 0 Å². The summed E-state index contributed by atoms with van der Waals surface area (Å²) >= 11 is 0. The molecule has 3 aliphatic rings. The molecule has 176 valence electrons. The lowest BCUT2D eigenvalue weighted by atomic mass is 9.67. The van der Waals surface area contributed by atoms with Gasteiger partial charge in [0, 0.05) is 10.8 Å². The van der Waals surface area contributed by atoms with Crippen LogP contribution in [0.4, 0.5) is 5.69 Å². The van der Waals surface area contributed by atoms with Gasteiger partial charge in [-0.05, 0) is 56.0 Å². The van der Waals surface area contributed by atoms with E-state index in [9.17, 15) is 14.9 Å². The molecule has 36 heavy (non-hydrogen) atoms. The van der Waals surface area contributed by atoms with Crippen molar-refractivity contribution in [2.24, 2.45) is 11.8 Å². The summed E-state index contributed by atoms with van der Waals surface area (Å²) in [6.45, 7) is 1.95. The van der Waals surface area contributed by atoms with Gasteiger partial charge in [0.15, 0.2) is 0 Å². The molecule has 3 heterocycles. The number of rotatable bonds is 4. The second-order valence-corrected chi connectivity index (χ2v) is 10.1. The van der Waals surface area contributed by atoms with Crippen molar-refractivity contribution in [2.45, 2.75) is 37.4 Å². The summed E-state index contributed by atoms with van der Waals surface area (Å²) in [7, 11) is 0. The molecule has 3 aromatic rings. The number of ether oxygens (including phenoxy) is 1. The van der Waals surface area contributed by atoms with Crippen molar-refractivity contribution in [3.63, 3.8) is 0 Å². The molecule has 0 spiro atoms. The molecule has 3 aliphatic heterocycles. The Morgan fingerprint density at radius 3 is 2.39 bits per heavy atom. The monoisotopic (exact) mass is 473 g/mol. The topological polar surface area (TPSA) is 94.2 Å². The molecule has 6 heteroatoms. The number of nitrogens with zero attached hydrogens (tertiary/aromatic N) is 3. The van der Waals surface area contributed by atoms with Crippen LogP contribution in [-0.4, -0.2) is 23.0 Å². The average Bonchev–Trinajstić information content (AvgIpc) is 3.48. The maximum atomic E-state index is 13.9. The molecule has 0 aliphatic carbocycles. The molecule has 0 radical (unpaired) electrons. The first-order chi connectivity index (χ1) is 17.4. The first-order valence-corrected chi connectivity index (χ1v) is 12.1. The van der Waals surface area contributed by atoms with E-state index in [1.807, 2.05) is 55.5 Å². The van der Waals surface area contributed by atoms with Gasteiger partial charge in [-0.1, -0.05) is 48.6 Å². The van der Waals surface area contributed by atoms with Crippen LogP contribution in [0.3, 0.4) is 0 Å². The highest BCUT2D eigenvalue weighted by molar-refractivity contribution is 6.26. The van der Waals surface area contributed by atoms with Crippen molar-refractivity contribution >= 4 is 34.4 Å². The summed E-state index contributed by atoms with van der Waals surface area (Å²) in [6, 6.07) is 22.4. The van der Waals surface area contributed by atoms with E-state index >= 15 is 0 Å². The second-order valence-electron chi connectivity index (χ2n) is 10.1. The molecule has 6 rings (SSSR count). The van der Waals surface area contributed by atoms with E-state index in [1.54, 1.807) is 24.3 Å². The predicted molar refractivity (Wildman–Crippen MR) is 134 cm³/mol. The number of anilines is 1. The van der Waals surface area contributed by atoms with E-state index in [0.717, 1.165) is 17.4 Å². The fraction of sp³-hybridized carbons (Fsp3) is 0.267. The van der Waals surface area contributed by atoms with Gasteiger partial charge in [0.25, 0.3) is 0 Å². The first-order valence-electron chi connectivity index (χ1n) is 12.1. The number of imide groups is 1. The third-order valence-corrected chi connectivity index (χ3v) is 8.09. The van der Waals surface area contributed by atoms with E-state index < -0.39 is 23.0 Å². The van der Waals surface area contributed by atoms with Crippen LogP contribution in [0.5, 0.6) is 0 Å². The quantitative estimate of drug-likeness (QED) is 0.491. The summed E-state index contributed by atoms with van der Waals surface area (Å²) in [4.78, 5) is 29.1. The Balaban J connectivity index is 1.36. The Kier molecular flexibility index (Phi) is 4.86. The van der Waals surface area contributed by atoms with Gasteiger partial charge in [-0.15, -0.1) is 0 Å². The zero-order chi connectivity index (χ0) is 25.1. The average molecular weight is 474 g/mol. The molecule has 2 bridgehead atoms. The molecular formula is C30H23N3O3. The van der Waals surface area contributed by atoms with Crippen molar-refractivity contribution in [3.05, 3.63) is 83.4 Å². The number of carbonyl (C=O) groups is 2. The predicted octanol–water partition coefficient (Wildman–Crippen LogP) is 5.11. The Morgan fingerprint density at radius 1 is 0.944 bits per heavy atom. The number of hydrogen-bond donors (Lipinski definition) is 0. The normalized spacial score (nSPS) is 28.6. The highest BCUT2D eigenvalue weighted by atomic mass is 16.5. The van der Waals surface area contributed by atoms with Crippen LogP contribution in [0.25, 0.3) is 16.8 Å². The Bertz CT molecular complexity index is 1540. The van der Waals surface area contributed by atoms with Gasteiger partial charge in [0.05, 0.1) is 52.0 Å². The number of fused-ring (bicyclic) bond motifs is 6. The molecule has 2 amide bonds. The zero-order valence-electron chi connectivity index (χ0n) is 19.8. The van der Waals surface area contributed by atoms with E-state index in [1.165, 1.54) is 4.90 Å². The fourth-order valence-corrected chi connectivity index (χ4v) is 6.43. The van der Waals surface area contributed by atoms with Gasteiger partial charge in [0.2, 0.25) is 11.8 Å². The van der Waals surface area contributed by atoms with Crippen LogP contribution in [-0.2, 0) is 14.3 Å². The molecule has 0 saturated carbocycles. The number of carbonyl (C=O) groups excluding carboxylic acids is 2. The zero-order valence-corrected chi connectivity index (χ0v) is 19.8. The maximum absolute atomic E-state index is 13.9. The standard InChI is InChI=1S/C30H23N3O3/c1-29-15-16-30(36-29,14-4-5-19-8-10-20(17-31)11-9-19)26-25(29)27(34)33(28(26)35)24-13-12-21(18-32)22-6-2-3-7-23(22)24/h2-13,25-26H,14-16H2,1H3/b5-4-/t25-,26+,29-,30+/m1/s1. The number of hydrogen-bond acceptors (Lipinski definition) is 5. The second kappa shape index (κ2) is 7.88. The number of nitriles is 2. The van der Waals surface area contributed by atoms with Crippen molar-refractivity contribution in [1.29, 1.82) is 10.5 Å². The summed E-state index contributed by atoms with van der Waals surface area (Å²) in [6.07, 6.45) is 5.93. The highest BCUT2D eigenvalue weighted by Crippen LogP contribution is 2.62. The van der Waals surface area contributed by atoms with Gasteiger partial charge in [-0.2, -0.15) is 10.5 Å². The third kappa shape index (κ3) is 3.05. The number of benzene rings is 3. The highest BCUT2D eigenvalue weighted by Gasteiger charge is 2.73. The minimum atomic E-state index is -0.730. The van der Waals surface area contributed by atoms with Gasteiger partial charge in [-0.25, -0.2) is 4.90 Å². The lowest BCUT2D eigenvalue weighted by molar-refractivity contribution is -0.130. The van der Waals surface area contributed by atoms with Crippen LogP contribution in [0.2, 0.25) is 0 Å². The summed E-state index contributed by atoms with van der Waals surface area (Å²) in [5, 5.41) is 20.0. The maximum Gasteiger partial charge on any atom is 0.240 e. The summed E-state index contributed by atoms with van der Waals surface area (Å²) in [5.74, 6) is -1.53. The molecule has 3 aromatic carbocycles. The number of amides is 2. The fourth-order valence-electron chi connectivity index (χ4n) is 6.43. The smallest absolute Gasteiger partial charge is 0.240 e. The minimum absolute atomic E-state index is 0.222. The molecule has 4 atom stereocenters. The molecule has 3 fully saturated rings. The molecule has 6 nitrogen and oxygen atoms in total. The van der Waals surface area contributed by atoms with Gasteiger partial charge in [-0.3, -0.25) is 9.59 Å². The van der Waals surface area contributed by atoms with Crippen molar-refractivity contribution in [3.8, 4) is 12.1 Å². The van der Waals surface area contributed by atoms with Crippen molar-refractivity contribution < 1.29 is 14.3 Å². The third-order valence-electron chi connectivity index (χ3n) is 8.09. The lowest BCUT2D eigenvalue weighted by Gasteiger charge is -2.30. The SMILES string of the molecule is C[C@]12CC[C@](C/C=C\c3ccc(C#N)cc3)(O1)[C@@H]1C(=O)N(c3ccc(C#N)c4ccccc34)C(=O)[C@@H]12. The van der Waals surface area contributed by atoms with E-state index in [2.05, 4.69) is 12.1 Å².